The van der Waals surface area contributed by atoms with Crippen molar-refractivity contribution in [1.82, 2.24) is 9.97 Å². The summed E-state index contributed by atoms with van der Waals surface area (Å²) >= 11 is 0. The summed E-state index contributed by atoms with van der Waals surface area (Å²) in [6.45, 7) is 7.97. The van der Waals surface area contributed by atoms with Gasteiger partial charge in [-0.2, -0.15) is 0 Å². The first-order valence-electron chi connectivity index (χ1n) is 6.56. The third kappa shape index (κ3) is 3.10. The zero-order chi connectivity index (χ0) is 13.1. The van der Waals surface area contributed by atoms with E-state index in [2.05, 4.69) is 36.1 Å². The molecule has 2 unspecified atom stereocenters. The van der Waals surface area contributed by atoms with E-state index in [1.807, 2.05) is 0 Å². The third-order valence-electron chi connectivity index (χ3n) is 3.36. The molecule has 0 aromatic carbocycles. The van der Waals surface area contributed by atoms with Gasteiger partial charge in [-0.05, 0) is 13.3 Å². The van der Waals surface area contributed by atoms with E-state index < -0.39 is 0 Å². The Hall–Kier alpha value is -1.36. The van der Waals surface area contributed by atoms with Gasteiger partial charge in [0.1, 0.15) is 17.5 Å². The molecule has 0 radical (unpaired) electrons. The summed E-state index contributed by atoms with van der Waals surface area (Å²) in [5, 5.41) is 3.34. The van der Waals surface area contributed by atoms with Gasteiger partial charge in [-0.1, -0.05) is 13.8 Å². The molecule has 100 valence electrons. The van der Waals surface area contributed by atoms with Crippen molar-refractivity contribution in [2.45, 2.75) is 39.2 Å². The number of nitrogens with two attached hydrogens (primary N) is 1. The van der Waals surface area contributed by atoms with Gasteiger partial charge >= 0.3 is 0 Å². The maximum atomic E-state index is 5.79. The molecule has 2 atom stereocenters. The van der Waals surface area contributed by atoms with E-state index in [9.17, 15) is 0 Å². The Morgan fingerprint density at radius 1 is 1.50 bits per heavy atom. The number of nitrogen functional groups attached to an aromatic ring is 1. The summed E-state index contributed by atoms with van der Waals surface area (Å²) < 4.78 is 5.54. The first-order chi connectivity index (χ1) is 8.56. The van der Waals surface area contributed by atoms with Crippen LogP contribution < -0.4 is 11.1 Å². The Balaban J connectivity index is 2.00. The number of nitrogens with one attached hydrogen (secondary N) is 1. The predicted molar refractivity (Wildman–Crippen MR) is 72.5 cm³/mol. The van der Waals surface area contributed by atoms with E-state index in [1.54, 1.807) is 6.07 Å². The van der Waals surface area contributed by atoms with Crippen LogP contribution in [0.1, 0.15) is 38.9 Å². The fourth-order valence-electron chi connectivity index (χ4n) is 2.11. The molecule has 5 heteroatoms. The highest BCUT2D eigenvalue weighted by molar-refractivity contribution is 5.45. The second-order valence-corrected chi connectivity index (χ2v) is 5.20. The average Bonchev–Trinajstić information content (AvgIpc) is 2.71. The van der Waals surface area contributed by atoms with E-state index in [0.29, 0.717) is 17.8 Å². The van der Waals surface area contributed by atoms with Crippen LogP contribution >= 0.6 is 0 Å². The molecular formula is C13H22N4O. The highest BCUT2D eigenvalue weighted by Gasteiger charge is 2.23. The maximum absolute atomic E-state index is 5.79. The Kier molecular flexibility index (Phi) is 4.01. The number of rotatable bonds is 4. The maximum Gasteiger partial charge on any atom is 0.135 e. The number of hydrogen-bond donors (Lipinski definition) is 2. The highest BCUT2D eigenvalue weighted by Crippen LogP contribution is 2.21. The van der Waals surface area contributed by atoms with Crippen molar-refractivity contribution in [1.29, 1.82) is 0 Å². The smallest absolute Gasteiger partial charge is 0.135 e. The summed E-state index contributed by atoms with van der Waals surface area (Å²) in [6.07, 6.45) is 1.42. The number of aromatic nitrogens is 2. The zero-order valence-electron chi connectivity index (χ0n) is 11.3. The van der Waals surface area contributed by atoms with Gasteiger partial charge < -0.3 is 15.8 Å². The molecule has 1 fully saturated rings. The van der Waals surface area contributed by atoms with Crippen LogP contribution in [0, 0.1) is 5.92 Å². The molecule has 0 aliphatic carbocycles. The van der Waals surface area contributed by atoms with Crippen LogP contribution in [0.15, 0.2) is 6.07 Å². The zero-order valence-corrected chi connectivity index (χ0v) is 11.3. The van der Waals surface area contributed by atoms with Crippen LogP contribution in [-0.4, -0.2) is 29.2 Å². The molecule has 1 aromatic heterocycles. The van der Waals surface area contributed by atoms with E-state index in [4.69, 9.17) is 10.5 Å². The molecule has 0 saturated carbocycles. The van der Waals surface area contributed by atoms with Gasteiger partial charge in [0.15, 0.2) is 0 Å². The van der Waals surface area contributed by atoms with Crippen LogP contribution in [-0.2, 0) is 4.74 Å². The van der Waals surface area contributed by atoms with Crippen molar-refractivity contribution in [3.05, 3.63) is 11.9 Å². The van der Waals surface area contributed by atoms with Crippen molar-refractivity contribution >= 4 is 11.6 Å². The second-order valence-electron chi connectivity index (χ2n) is 5.20. The summed E-state index contributed by atoms with van der Waals surface area (Å²) in [5.41, 5.74) is 5.79. The lowest BCUT2D eigenvalue weighted by Gasteiger charge is -2.16. The van der Waals surface area contributed by atoms with E-state index >= 15 is 0 Å². The van der Waals surface area contributed by atoms with Crippen molar-refractivity contribution < 1.29 is 4.74 Å². The van der Waals surface area contributed by atoms with Gasteiger partial charge in [0.05, 0.1) is 6.10 Å². The lowest BCUT2D eigenvalue weighted by atomic mass is 10.0. The third-order valence-corrected chi connectivity index (χ3v) is 3.36. The normalized spacial score (nSPS) is 23.6. The quantitative estimate of drug-likeness (QED) is 0.855. The molecule has 1 aliphatic rings. The molecule has 5 nitrogen and oxygen atoms in total. The Bertz CT molecular complexity index is 408. The molecule has 1 aliphatic heterocycles. The van der Waals surface area contributed by atoms with Gasteiger partial charge in [0.25, 0.3) is 0 Å². The van der Waals surface area contributed by atoms with Crippen molar-refractivity contribution in [2.24, 2.45) is 5.92 Å². The Labute approximate surface area is 108 Å². The monoisotopic (exact) mass is 250 g/mol. The molecule has 3 N–H and O–H groups in total. The van der Waals surface area contributed by atoms with Gasteiger partial charge in [-0.15, -0.1) is 0 Å². The molecule has 0 amide bonds. The molecule has 1 saturated heterocycles. The fourth-order valence-corrected chi connectivity index (χ4v) is 2.11. The summed E-state index contributed by atoms with van der Waals surface area (Å²) in [7, 11) is 0. The van der Waals surface area contributed by atoms with Crippen molar-refractivity contribution in [2.75, 3.05) is 24.2 Å². The molecule has 18 heavy (non-hydrogen) atoms. The minimum Gasteiger partial charge on any atom is -0.384 e. The number of anilines is 2. The molecule has 0 spiro atoms. The Morgan fingerprint density at radius 3 is 2.89 bits per heavy atom. The molecular weight excluding hydrogens is 228 g/mol. The van der Waals surface area contributed by atoms with Gasteiger partial charge in [0, 0.05) is 31.1 Å². The predicted octanol–water partition coefficient (Wildman–Crippen LogP) is 2.02. The topological polar surface area (TPSA) is 73.1 Å². The van der Waals surface area contributed by atoms with Gasteiger partial charge in [-0.25, -0.2) is 9.97 Å². The second kappa shape index (κ2) is 5.52. The van der Waals surface area contributed by atoms with E-state index in [1.165, 1.54) is 0 Å². The average molecular weight is 250 g/mol. The number of ether oxygens (including phenoxy) is 1. The summed E-state index contributed by atoms with van der Waals surface area (Å²) in [5.74, 6) is 2.94. The van der Waals surface area contributed by atoms with Crippen LogP contribution in [0.25, 0.3) is 0 Å². The van der Waals surface area contributed by atoms with Crippen LogP contribution in [0.5, 0.6) is 0 Å². The summed E-state index contributed by atoms with van der Waals surface area (Å²) in [6, 6.07) is 1.78. The molecule has 2 heterocycles. The standard InChI is InChI=1S/C13H22N4O/c1-8(2)13-16-11(14)6-12(17-13)15-7-10-4-5-18-9(10)3/h6,8-10H,4-5,7H2,1-3H3,(H3,14,15,16,17). The van der Waals surface area contributed by atoms with Gasteiger partial charge in [-0.3, -0.25) is 0 Å². The van der Waals surface area contributed by atoms with Crippen molar-refractivity contribution in [3.8, 4) is 0 Å². The molecule has 1 aromatic rings. The minimum atomic E-state index is 0.280. The Morgan fingerprint density at radius 2 is 2.28 bits per heavy atom. The first kappa shape index (κ1) is 13.1. The van der Waals surface area contributed by atoms with Crippen LogP contribution in [0.4, 0.5) is 11.6 Å². The highest BCUT2D eigenvalue weighted by atomic mass is 16.5. The van der Waals surface area contributed by atoms with Gasteiger partial charge in [0.2, 0.25) is 0 Å². The summed E-state index contributed by atoms with van der Waals surface area (Å²) in [4.78, 5) is 8.71. The fraction of sp³-hybridized carbons (Fsp3) is 0.692. The van der Waals surface area contributed by atoms with Crippen LogP contribution in [0.2, 0.25) is 0 Å². The number of hydrogen-bond acceptors (Lipinski definition) is 5. The SMILES string of the molecule is CC(C)c1nc(N)cc(NCC2CCOC2C)n1. The van der Waals surface area contributed by atoms with Crippen LogP contribution in [0.3, 0.4) is 0 Å². The number of nitrogens with zero attached hydrogens (tertiary/aromatic N) is 2. The lowest BCUT2D eigenvalue weighted by Crippen LogP contribution is -2.21. The molecule has 0 bridgehead atoms. The first-order valence-corrected chi connectivity index (χ1v) is 6.56. The van der Waals surface area contributed by atoms with E-state index in [-0.39, 0.29) is 5.92 Å². The van der Waals surface area contributed by atoms with E-state index in [0.717, 1.165) is 31.2 Å². The largest absolute Gasteiger partial charge is 0.384 e. The van der Waals surface area contributed by atoms with Crippen molar-refractivity contribution in [3.63, 3.8) is 0 Å². The molecule has 2 rings (SSSR count). The minimum absolute atomic E-state index is 0.280. The lowest BCUT2D eigenvalue weighted by molar-refractivity contribution is 0.108.